The quantitative estimate of drug-likeness (QED) is 0.760. The highest BCUT2D eigenvalue weighted by Gasteiger charge is 2.21. The Kier molecular flexibility index (Phi) is 5.64. The van der Waals surface area contributed by atoms with E-state index in [2.05, 4.69) is 10.5 Å². The van der Waals surface area contributed by atoms with Gasteiger partial charge < -0.3 is 19.7 Å². The van der Waals surface area contributed by atoms with Gasteiger partial charge >= 0.3 is 0 Å². The normalized spacial score (nSPS) is 14.2. The molecule has 0 saturated heterocycles. The molecule has 7 heteroatoms. The molecule has 0 aliphatic heterocycles. The number of hydrogen-bond acceptors (Lipinski definition) is 6. The average molecular weight is 274 g/mol. The van der Waals surface area contributed by atoms with Crippen LogP contribution in [0.2, 0.25) is 0 Å². The molecule has 0 aliphatic carbocycles. The summed E-state index contributed by atoms with van der Waals surface area (Å²) in [7, 11) is 1.53. The Hall–Kier alpha value is -1.05. The number of carbonyl (C=O) groups excluding carboxylic acids is 1. The van der Waals surface area contributed by atoms with Crippen LogP contribution < -0.4 is 5.32 Å². The number of aromatic nitrogens is 1. The van der Waals surface area contributed by atoms with E-state index in [0.717, 1.165) is 0 Å². The molecule has 1 atom stereocenters. The second-order valence-electron chi connectivity index (χ2n) is 4.22. The number of aliphatic hydroxyl groups is 1. The van der Waals surface area contributed by atoms with Crippen LogP contribution in [0.5, 0.6) is 0 Å². The Bertz CT molecular complexity index is 392. The van der Waals surface area contributed by atoms with E-state index in [4.69, 9.17) is 9.26 Å². The van der Waals surface area contributed by atoms with Gasteiger partial charge in [-0.15, -0.1) is 0 Å². The molecule has 6 nitrogen and oxygen atoms in total. The zero-order valence-corrected chi connectivity index (χ0v) is 11.5. The predicted octanol–water partition coefficient (Wildman–Crippen LogP) is 0.665. The molecule has 0 aromatic carbocycles. The van der Waals surface area contributed by atoms with Crippen molar-refractivity contribution >= 4 is 17.7 Å². The van der Waals surface area contributed by atoms with Crippen molar-refractivity contribution < 1.29 is 19.2 Å². The molecular weight excluding hydrogens is 256 g/mol. The number of amides is 1. The van der Waals surface area contributed by atoms with Crippen molar-refractivity contribution in [3.05, 3.63) is 17.5 Å². The number of ether oxygens (including phenoxy) is 1. The van der Waals surface area contributed by atoms with Gasteiger partial charge in [-0.05, 0) is 13.2 Å². The van der Waals surface area contributed by atoms with Gasteiger partial charge in [0.15, 0.2) is 11.5 Å². The zero-order valence-electron chi connectivity index (χ0n) is 10.7. The first kappa shape index (κ1) is 15.0. The molecule has 0 aliphatic rings. The van der Waals surface area contributed by atoms with Crippen molar-refractivity contribution in [3.63, 3.8) is 0 Å². The number of methoxy groups -OCH3 is 1. The lowest BCUT2D eigenvalue weighted by Gasteiger charge is -2.22. The molecule has 0 radical (unpaired) electrons. The molecular formula is C11H18N2O4S. The Morgan fingerprint density at radius 3 is 3.06 bits per heavy atom. The molecule has 0 spiro atoms. The van der Waals surface area contributed by atoms with Crippen molar-refractivity contribution in [3.8, 4) is 0 Å². The minimum absolute atomic E-state index is 0.166. The predicted molar refractivity (Wildman–Crippen MR) is 68.6 cm³/mol. The maximum Gasteiger partial charge on any atom is 0.273 e. The molecule has 0 saturated carbocycles. The number of nitrogens with one attached hydrogen (secondary N) is 1. The van der Waals surface area contributed by atoms with Crippen LogP contribution in [0.1, 0.15) is 23.2 Å². The van der Waals surface area contributed by atoms with Crippen molar-refractivity contribution in [2.24, 2.45) is 0 Å². The molecule has 2 N–H and O–H groups in total. The first-order valence-corrected chi connectivity index (χ1v) is 6.82. The monoisotopic (exact) mass is 274 g/mol. The lowest BCUT2D eigenvalue weighted by Crippen LogP contribution is -2.42. The smallest absolute Gasteiger partial charge is 0.273 e. The van der Waals surface area contributed by atoms with Gasteiger partial charge in [0.2, 0.25) is 0 Å². The summed E-state index contributed by atoms with van der Waals surface area (Å²) in [6, 6.07) is 1.52. The van der Waals surface area contributed by atoms with Crippen molar-refractivity contribution in [2.75, 3.05) is 25.7 Å². The maximum atomic E-state index is 11.7. The Labute approximate surface area is 110 Å². The Balaban J connectivity index is 2.49. The standard InChI is InChI=1S/C11H18N2O4S/c1-11(15,7-18-3)6-12-10(14)9-4-8(5-16-2)17-13-9/h4,15H,5-7H2,1-3H3,(H,12,14). The number of nitrogens with zero attached hydrogens (tertiary/aromatic N) is 1. The van der Waals surface area contributed by atoms with E-state index in [1.165, 1.54) is 24.9 Å². The third kappa shape index (κ3) is 4.67. The lowest BCUT2D eigenvalue weighted by atomic mass is 10.1. The fourth-order valence-electron chi connectivity index (χ4n) is 1.35. The summed E-state index contributed by atoms with van der Waals surface area (Å²) in [4.78, 5) is 11.7. The van der Waals surface area contributed by atoms with Crippen LogP contribution >= 0.6 is 11.8 Å². The van der Waals surface area contributed by atoms with Gasteiger partial charge in [-0.25, -0.2) is 0 Å². The van der Waals surface area contributed by atoms with Gasteiger partial charge in [0.1, 0.15) is 6.61 Å². The minimum Gasteiger partial charge on any atom is -0.387 e. The van der Waals surface area contributed by atoms with Crippen molar-refractivity contribution in [2.45, 2.75) is 19.1 Å². The van der Waals surface area contributed by atoms with E-state index < -0.39 is 5.60 Å². The summed E-state index contributed by atoms with van der Waals surface area (Å²) in [6.45, 7) is 2.10. The molecule has 1 aromatic rings. The van der Waals surface area contributed by atoms with Crippen LogP contribution in [0.25, 0.3) is 0 Å². The van der Waals surface area contributed by atoms with Crippen LogP contribution in [0.3, 0.4) is 0 Å². The highest BCUT2D eigenvalue weighted by Crippen LogP contribution is 2.10. The highest BCUT2D eigenvalue weighted by atomic mass is 32.2. The first-order valence-electron chi connectivity index (χ1n) is 5.42. The van der Waals surface area contributed by atoms with Crippen LogP contribution in [0, 0.1) is 0 Å². The summed E-state index contributed by atoms with van der Waals surface area (Å²) < 4.78 is 9.76. The average Bonchev–Trinajstić information content (AvgIpc) is 2.75. The molecule has 102 valence electrons. The summed E-state index contributed by atoms with van der Waals surface area (Å²) in [5.74, 6) is 0.655. The lowest BCUT2D eigenvalue weighted by molar-refractivity contribution is 0.0720. The molecule has 0 fully saturated rings. The largest absolute Gasteiger partial charge is 0.387 e. The van der Waals surface area contributed by atoms with Crippen LogP contribution in [0.4, 0.5) is 0 Å². The second-order valence-corrected chi connectivity index (χ2v) is 5.09. The fourth-order valence-corrected chi connectivity index (χ4v) is 2.08. The van der Waals surface area contributed by atoms with Crippen LogP contribution in [-0.4, -0.2) is 47.4 Å². The number of rotatable bonds is 7. The second kappa shape index (κ2) is 6.77. The Morgan fingerprint density at radius 1 is 1.72 bits per heavy atom. The Morgan fingerprint density at radius 2 is 2.44 bits per heavy atom. The summed E-state index contributed by atoms with van der Waals surface area (Å²) in [6.07, 6.45) is 1.89. The molecule has 1 heterocycles. The van der Waals surface area contributed by atoms with Gasteiger partial charge in [-0.3, -0.25) is 4.79 Å². The minimum atomic E-state index is -0.936. The van der Waals surface area contributed by atoms with Crippen LogP contribution in [0.15, 0.2) is 10.6 Å². The van der Waals surface area contributed by atoms with Gasteiger partial charge in [0.05, 0.1) is 5.60 Å². The molecule has 1 unspecified atom stereocenters. The van der Waals surface area contributed by atoms with E-state index in [1.807, 2.05) is 6.26 Å². The van der Waals surface area contributed by atoms with Crippen LogP contribution in [-0.2, 0) is 11.3 Å². The van der Waals surface area contributed by atoms with Gasteiger partial charge in [-0.2, -0.15) is 11.8 Å². The summed E-state index contributed by atoms with van der Waals surface area (Å²) >= 11 is 1.51. The van der Waals surface area contributed by atoms with Crippen molar-refractivity contribution in [1.29, 1.82) is 0 Å². The number of carbonyl (C=O) groups is 1. The van der Waals surface area contributed by atoms with E-state index >= 15 is 0 Å². The van der Waals surface area contributed by atoms with Crippen molar-refractivity contribution in [1.82, 2.24) is 10.5 Å². The SMILES string of the molecule is COCc1cc(C(=O)NCC(C)(O)CSC)no1. The topological polar surface area (TPSA) is 84.6 Å². The van der Waals surface area contributed by atoms with E-state index in [1.54, 1.807) is 6.92 Å². The van der Waals surface area contributed by atoms with E-state index in [0.29, 0.717) is 11.5 Å². The maximum absolute atomic E-state index is 11.7. The summed E-state index contributed by atoms with van der Waals surface area (Å²) in [5.41, 5.74) is -0.754. The third-order valence-electron chi connectivity index (χ3n) is 2.16. The third-order valence-corrected chi connectivity index (χ3v) is 3.07. The molecule has 0 bridgehead atoms. The zero-order chi connectivity index (χ0) is 13.6. The number of hydrogen-bond donors (Lipinski definition) is 2. The number of thioether (sulfide) groups is 1. The summed E-state index contributed by atoms with van der Waals surface area (Å²) in [5, 5.41) is 16.1. The van der Waals surface area contributed by atoms with Gasteiger partial charge in [0, 0.05) is 25.5 Å². The van der Waals surface area contributed by atoms with E-state index in [9.17, 15) is 9.90 Å². The fraction of sp³-hybridized carbons (Fsp3) is 0.636. The van der Waals surface area contributed by atoms with Gasteiger partial charge in [-0.1, -0.05) is 5.16 Å². The first-order chi connectivity index (χ1) is 8.48. The van der Waals surface area contributed by atoms with Gasteiger partial charge in [0.25, 0.3) is 5.91 Å². The highest BCUT2D eigenvalue weighted by molar-refractivity contribution is 7.98. The van der Waals surface area contributed by atoms with E-state index in [-0.39, 0.29) is 24.8 Å². The molecule has 1 amide bonds. The molecule has 18 heavy (non-hydrogen) atoms. The molecule has 1 rings (SSSR count). The molecule has 1 aromatic heterocycles.